The van der Waals surface area contributed by atoms with Crippen molar-refractivity contribution < 1.29 is 0 Å². The van der Waals surface area contributed by atoms with Gasteiger partial charge >= 0.3 is 0 Å². The minimum absolute atomic E-state index is 0. The number of hydrogen-bond acceptors (Lipinski definition) is 0. The Morgan fingerprint density at radius 1 is 0.323 bits per heavy atom. The van der Waals surface area contributed by atoms with Crippen LogP contribution >= 0.6 is 0 Å². The van der Waals surface area contributed by atoms with E-state index in [0.717, 1.165) is 23.7 Å². The van der Waals surface area contributed by atoms with E-state index in [2.05, 4.69) is 263 Å². The molecule has 418 valence electrons. The second-order valence-electron chi connectivity index (χ2n) is 30.1. The summed E-state index contributed by atoms with van der Waals surface area (Å²) >= 11 is 0. The zero-order valence-corrected chi connectivity index (χ0v) is 49.6. The molecule has 0 rings (SSSR count). The van der Waals surface area contributed by atoms with Crippen LogP contribution in [0.3, 0.4) is 0 Å². The fourth-order valence-corrected chi connectivity index (χ4v) is 4.68. The monoisotopic (exact) mass is 939 g/mol. The fraction of sp³-hybridized carbons (Fsp3) is 1.00. The third kappa shape index (κ3) is 91.0. The van der Waals surface area contributed by atoms with Crippen LogP contribution in [0.5, 0.6) is 0 Å². The first-order valence-electron chi connectivity index (χ1n) is 24.5. The SMILES string of the molecule is C.C.C.C.C.C.C.CC(C)(C)C(C)(C)C.CC(C)(C)CC(C)(C)C.CC(C)C(C)(C)C.CC(C)CC(C)(C)C.CC(C)CCC(C)(C)C.CCC(C)(C)C(C)(C)C.CCC(C)C(C)(C)C. The van der Waals surface area contributed by atoms with Gasteiger partial charge in [0, 0.05) is 0 Å². The van der Waals surface area contributed by atoms with Crippen LogP contribution in [-0.2, 0) is 0 Å². The van der Waals surface area contributed by atoms with E-state index in [1.54, 1.807) is 0 Å². The zero-order chi connectivity index (χ0) is 49.6. The van der Waals surface area contributed by atoms with E-state index in [9.17, 15) is 0 Å². The number of rotatable bonds is 5. The largest absolute Gasteiger partial charge is 0.0776 e. The summed E-state index contributed by atoms with van der Waals surface area (Å²) in [5, 5.41) is 0. The molecule has 0 spiro atoms. The van der Waals surface area contributed by atoms with E-state index in [0.29, 0.717) is 54.1 Å². The standard InChI is InChI=1S/3C9H20.3C8H18.C7H16.7CH4/c1-8(2,3)7-9(4,5)6;1-8(2)6-7-9(3,4)5;1-7-9(5,6)8(2,3)4;1-7(2)6-8(3,4)5;1-7(2,3)8(4,5)6;1-6-7(2)8(3,4)5;1-6(2)7(3,4)5;;;;;;;/h7H2,1-6H3;8H,6-7H2,1-5H3;7H2,1-6H3;7H,6H2,1-5H3;1-6H3;7H,6H2,1-5H3;6H,1-5H3;7*1H4. The quantitative estimate of drug-likeness (QED) is 0.258. The lowest BCUT2D eigenvalue weighted by molar-refractivity contribution is 0.126. The lowest BCUT2D eigenvalue weighted by Crippen LogP contribution is -2.28. The predicted octanol–water partition coefficient (Wildman–Crippen LogP) is 26.8. The van der Waals surface area contributed by atoms with Gasteiger partial charge in [0.05, 0.1) is 0 Å². The van der Waals surface area contributed by atoms with Crippen LogP contribution in [0, 0.1) is 77.8 Å². The smallest absolute Gasteiger partial charge is 0.0308 e. The molecule has 0 aromatic rings. The van der Waals surface area contributed by atoms with Gasteiger partial charge in [-0.05, 0) is 97.1 Å². The second-order valence-corrected chi connectivity index (χ2v) is 30.1. The first-order valence-corrected chi connectivity index (χ1v) is 24.5. The van der Waals surface area contributed by atoms with E-state index in [1.807, 2.05) is 0 Å². The lowest BCUT2D eigenvalue weighted by atomic mass is 9.68. The minimum atomic E-state index is 0. The summed E-state index contributed by atoms with van der Waals surface area (Å²) in [5.74, 6) is 3.36. The summed E-state index contributed by atoms with van der Waals surface area (Å²) in [6.07, 6.45) is 7.89. The van der Waals surface area contributed by atoms with E-state index in [4.69, 9.17) is 0 Å². The van der Waals surface area contributed by atoms with Gasteiger partial charge in [-0.2, -0.15) is 0 Å². The Labute approximate surface area is 429 Å². The van der Waals surface area contributed by atoms with Crippen LogP contribution in [0.15, 0.2) is 0 Å². The predicted molar refractivity (Wildman–Crippen MR) is 329 cm³/mol. The van der Waals surface area contributed by atoms with Crippen LogP contribution in [0.2, 0.25) is 0 Å². The van der Waals surface area contributed by atoms with Gasteiger partial charge in [0.15, 0.2) is 0 Å². The summed E-state index contributed by atoms with van der Waals surface area (Å²) in [4.78, 5) is 0. The highest BCUT2D eigenvalue weighted by atomic mass is 14.4. The molecule has 0 radical (unpaired) electrons. The topological polar surface area (TPSA) is 0 Å². The van der Waals surface area contributed by atoms with Crippen molar-refractivity contribution in [1.82, 2.24) is 0 Å². The molecule has 0 saturated heterocycles. The molecule has 0 aliphatic rings. The van der Waals surface area contributed by atoms with Crippen molar-refractivity contribution in [2.75, 3.05) is 0 Å². The molecule has 65 heavy (non-hydrogen) atoms. The second kappa shape index (κ2) is 41.8. The fourth-order valence-electron chi connectivity index (χ4n) is 4.68. The summed E-state index contributed by atoms with van der Waals surface area (Å²) in [6, 6.07) is 0. The Kier molecular flexibility index (Phi) is 65.7. The van der Waals surface area contributed by atoms with Gasteiger partial charge in [0.1, 0.15) is 0 Å². The molecular weight excluding hydrogens is 781 g/mol. The molecule has 0 aliphatic carbocycles. The van der Waals surface area contributed by atoms with Crippen LogP contribution in [0.4, 0.5) is 0 Å². The third-order valence-electron chi connectivity index (χ3n) is 12.5. The highest BCUT2D eigenvalue weighted by molar-refractivity contribution is 4.80. The zero-order valence-electron chi connectivity index (χ0n) is 49.6. The Hall–Kier alpha value is 0. The van der Waals surface area contributed by atoms with E-state index >= 15 is 0 Å². The van der Waals surface area contributed by atoms with E-state index < -0.39 is 0 Å². The Bertz CT molecular complexity index is 861. The number of hydrogen-bond donors (Lipinski definition) is 0. The third-order valence-corrected chi connectivity index (χ3v) is 12.5. The summed E-state index contributed by atoms with van der Waals surface area (Å²) in [7, 11) is 0. The highest BCUT2D eigenvalue weighted by Gasteiger charge is 2.30. The van der Waals surface area contributed by atoms with Crippen molar-refractivity contribution in [2.24, 2.45) is 77.8 Å². The van der Waals surface area contributed by atoms with Gasteiger partial charge in [0.2, 0.25) is 0 Å². The molecule has 0 N–H and O–H groups in total. The molecule has 1 unspecified atom stereocenters. The van der Waals surface area contributed by atoms with Crippen LogP contribution in [0.1, 0.15) is 354 Å². The van der Waals surface area contributed by atoms with Gasteiger partial charge in [-0.3, -0.25) is 0 Å². The van der Waals surface area contributed by atoms with Crippen LogP contribution in [0.25, 0.3) is 0 Å². The van der Waals surface area contributed by atoms with Crippen molar-refractivity contribution in [1.29, 1.82) is 0 Å². The van der Waals surface area contributed by atoms with Gasteiger partial charge in [-0.25, -0.2) is 0 Å². The molecule has 0 aromatic carbocycles. The molecule has 0 heteroatoms. The molecule has 0 fully saturated rings. The minimum Gasteiger partial charge on any atom is -0.0776 e. The lowest BCUT2D eigenvalue weighted by Gasteiger charge is -2.37. The van der Waals surface area contributed by atoms with Crippen molar-refractivity contribution in [3.63, 3.8) is 0 Å². The molecule has 0 amide bonds. The maximum atomic E-state index is 2.33. The summed E-state index contributed by atoms with van der Waals surface area (Å²) in [5.41, 5.74) is 4.83. The van der Waals surface area contributed by atoms with Gasteiger partial charge in [-0.15, -0.1) is 0 Å². The van der Waals surface area contributed by atoms with Crippen molar-refractivity contribution >= 4 is 0 Å². The molecule has 0 bridgehead atoms. The van der Waals surface area contributed by atoms with Gasteiger partial charge in [0.25, 0.3) is 0 Å². The van der Waals surface area contributed by atoms with Crippen LogP contribution in [-0.4, -0.2) is 0 Å². The molecule has 0 heterocycles. The maximum Gasteiger partial charge on any atom is -0.0308 e. The van der Waals surface area contributed by atoms with Crippen LogP contribution < -0.4 is 0 Å². The van der Waals surface area contributed by atoms with Gasteiger partial charge < -0.3 is 0 Å². The molecule has 0 nitrogen and oxygen atoms in total. The van der Waals surface area contributed by atoms with Crippen molar-refractivity contribution in [3.8, 4) is 0 Å². The first kappa shape index (κ1) is 102. The average molecular weight is 940 g/mol. The van der Waals surface area contributed by atoms with Crippen molar-refractivity contribution in [3.05, 3.63) is 0 Å². The van der Waals surface area contributed by atoms with Crippen molar-refractivity contribution in [2.45, 2.75) is 354 Å². The Balaban J connectivity index is -0.0000000383. The molecule has 0 aliphatic heterocycles. The van der Waals surface area contributed by atoms with E-state index in [-0.39, 0.29) is 52.0 Å². The molecule has 1 atom stereocenters. The molecular formula is C65H158. The van der Waals surface area contributed by atoms with Gasteiger partial charge in [-0.1, -0.05) is 334 Å². The first-order chi connectivity index (χ1) is 24.5. The molecule has 0 saturated carbocycles. The average Bonchev–Trinajstić information content (AvgIpc) is 2.87. The normalized spacial score (nSPS) is 12.3. The maximum absolute atomic E-state index is 2.33. The molecule has 0 aromatic heterocycles. The Morgan fingerprint density at radius 2 is 0.585 bits per heavy atom. The summed E-state index contributed by atoms with van der Waals surface area (Å²) < 4.78 is 0. The van der Waals surface area contributed by atoms with E-state index in [1.165, 1.54) is 38.5 Å². The highest BCUT2D eigenvalue weighted by Crippen LogP contribution is 2.40. The summed E-state index contributed by atoms with van der Waals surface area (Å²) in [6.45, 7) is 86.8. The Morgan fingerprint density at radius 3 is 0.600 bits per heavy atom.